The van der Waals surface area contributed by atoms with Crippen molar-refractivity contribution in [3.8, 4) is 11.3 Å². The van der Waals surface area contributed by atoms with Gasteiger partial charge in [-0.05, 0) is 37.5 Å². The third kappa shape index (κ3) is 5.17. The summed E-state index contributed by atoms with van der Waals surface area (Å²) in [6.45, 7) is 3.59. The van der Waals surface area contributed by atoms with Gasteiger partial charge in [0.15, 0.2) is 5.13 Å². The maximum absolute atomic E-state index is 11.1. The molecule has 26 heavy (non-hydrogen) atoms. The predicted molar refractivity (Wildman–Crippen MR) is 109 cm³/mol. The molecule has 3 rings (SSSR count). The largest absolute Gasteiger partial charge is 0.354 e. The monoisotopic (exact) mass is 365 g/mol. The van der Waals surface area contributed by atoms with E-state index in [0.717, 1.165) is 34.9 Å². The number of aromatic nitrogens is 1. The number of nitrogens with zero attached hydrogens (tertiary/aromatic N) is 1. The van der Waals surface area contributed by atoms with Crippen LogP contribution in [0.3, 0.4) is 0 Å². The first-order valence-corrected chi connectivity index (χ1v) is 9.62. The Morgan fingerprint density at radius 3 is 2.54 bits per heavy atom. The first kappa shape index (κ1) is 18.1. The smallest absolute Gasteiger partial charge is 0.217 e. The number of carbonyl (C=O) groups is 1. The van der Waals surface area contributed by atoms with E-state index in [2.05, 4.69) is 45.3 Å². The van der Waals surface area contributed by atoms with Crippen molar-refractivity contribution in [1.82, 2.24) is 10.3 Å². The van der Waals surface area contributed by atoms with E-state index in [1.807, 2.05) is 37.3 Å². The Hall–Kier alpha value is -2.66. The summed E-state index contributed by atoms with van der Waals surface area (Å²) >= 11 is 1.60. The number of nitrogens with one attached hydrogen (secondary N) is 2. The van der Waals surface area contributed by atoms with Gasteiger partial charge in [0.25, 0.3) is 0 Å². The molecule has 2 aromatic carbocycles. The minimum atomic E-state index is 0.0243. The zero-order chi connectivity index (χ0) is 18.4. The number of anilines is 2. The Bertz CT molecular complexity index is 843. The Balaban J connectivity index is 1.59. The molecule has 1 heterocycles. The number of hydrogen-bond acceptors (Lipinski definition) is 4. The second kappa shape index (κ2) is 8.63. The molecule has 0 radical (unpaired) electrons. The van der Waals surface area contributed by atoms with E-state index in [0.29, 0.717) is 0 Å². The van der Waals surface area contributed by atoms with Crippen molar-refractivity contribution in [1.29, 1.82) is 0 Å². The summed E-state index contributed by atoms with van der Waals surface area (Å²) in [4.78, 5) is 15.7. The van der Waals surface area contributed by atoms with Crippen molar-refractivity contribution in [3.63, 3.8) is 0 Å². The summed E-state index contributed by atoms with van der Waals surface area (Å²) in [6.07, 6.45) is 1.88. The minimum Gasteiger partial charge on any atom is -0.354 e. The molecule has 0 unspecified atom stereocenters. The van der Waals surface area contributed by atoms with Crippen LogP contribution in [0.4, 0.5) is 10.8 Å². The number of benzene rings is 2. The van der Waals surface area contributed by atoms with Gasteiger partial charge in [-0.25, -0.2) is 4.98 Å². The maximum atomic E-state index is 11.1. The number of rotatable bonds is 7. The Morgan fingerprint density at radius 2 is 1.85 bits per heavy atom. The second-order valence-corrected chi connectivity index (χ2v) is 7.22. The molecular formula is C21H23N3OS. The lowest BCUT2D eigenvalue weighted by molar-refractivity contribution is -0.119. The van der Waals surface area contributed by atoms with Crippen molar-refractivity contribution in [2.75, 3.05) is 5.32 Å². The van der Waals surface area contributed by atoms with Gasteiger partial charge in [0.1, 0.15) is 0 Å². The highest BCUT2D eigenvalue weighted by atomic mass is 32.1. The van der Waals surface area contributed by atoms with Crippen molar-refractivity contribution in [3.05, 3.63) is 65.5 Å². The topological polar surface area (TPSA) is 54.0 Å². The molecule has 4 nitrogen and oxygen atoms in total. The van der Waals surface area contributed by atoms with Gasteiger partial charge < -0.3 is 10.6 Å². The molecule has 0 aliphatic carbocycles. The lowest BCUT2D eigenvalue weighted by Gasteiger charge is -2.12. The van der Waals surface area contributed by atoms with E-state index in [9.17, 15) is 4.79 Å². The molecule has 2 N–H and O–H groups in total. The molecule has 0 fully saturated rings. The molecule has 0 saturated heterocycles. The van der Waals surface area contributed by atoms with Crippen LogP contribution < -0.4 is 10.6 Å². The molecule has 1 atom stereocenters. The summed E-state index contributed by atoms with van der Waals surface area (Å²) in [6, 6.07) is 18.7. The summed E-state index contributed by atoms with van der Waals surface area (Å²) in [5.41, 5.74) is 4.40. The summed E-state index contributed by atoms with van der Waals surface area (Å²) in [7, 11) is 0. The first-order chi connectivity index (χ1) is 12.6. The van der Waals surface area contributed by atoms with Gasteiger partial charge in [0, 0.05) is 29.6 Å². The van der Waals surface area contributed by atoms with Crippen molar-refractivity contribution in [2.45, 2.75) is 32.7 Å². The van der Waals surface area contributed by atoms with Crippen LogP contribution in [0.2, 0.25) is 0 Å². The van der Waals surface area contributed by atoms with Crippen LogP contribution in [0.25, 0.3) is 11.3 Å². The van der Waals surface area contributed by atoms with E-state index in [1.54, 1.807) is 18.3 Å². The van der Waals surface area contributed by atoms with Gasteiger partial charge in [-0.15, -0.1) is 11.3 Å². The van der Waals surface area contributed by atoms with Crippen LogP contribution in [-0.2, 0) is 11.2 Å². The number of para-hydroxylation sites is 1. The van der Waals surface area contributed by atoms with Crippen LogP contribution in [0.1, 0.15) is 25.8 Å². The quantitative estimate of drug-likeness (QED) is 0.619. The van der Waals surface area contributed by atoms with E-state index >= 15 is 0 Å². The van der Waals surface area contributed by atoms with Crippen molar-refractivity contribution < 1.29 is 4.79 Å². The van der Waals surface area contributed by atoms with E-state index in [4.69, 9.17) is 0 Å². The third-order valence-electron chi connectivity index (χ3n) is 4.09. The van der Waals surface area contributed by atoms with Gasteiger partial charge >= 0.3 is 0 Å². The molecule has 134 valence electrons. The maximum Gasteiger partial charge on any atom is 0.217 e. The number of amides is 1. The molecular weight excluding hydrogens is 342 g/mol. The van der Waals surface area contributed by atoms with E-state index in [1.165, 1.54) is 5.56 Å². The lowest BCUT2D eigenvalue weighted by Crippen LogP contribution is -2.30. The van der Waals surface area contributed by atoms with Crippen molar-refractivity contribution in [2.24, 2.45) is 0 Å². The molecule has 1 amide bonds. The predicted octanol–water partition coefficient (Wildman–Crippen LogP) is 5.01. The van der Waals surface area contributed by atoms with Crippen LogP contribution in [0.15, 0.2) is 60.0 Å². The van der Waals surface area contributed by atoms with Gasteiger partial charge in [-0.3, -0.25) is 4.79 Å². The zero-order valence-corrected chi connectivity index (χ0v) is 15.8. The van der Waals surface area contributed by atoms with Gasteiger partial charge in [0.05, 0.1) is 5.69 Å². The summed E-state index contributed by atoms with van der Waals surface area (Å²) in [5, 5.41) is 9.20. The molecule has 3 aromatic rings. The summed E-state index contributed by atoms with van der Waals surface area (Å²) < 4.78 is 0. The third-order valence-corrected chi connectivity index (χ3v) is 4.85. The highest BCUT2D eigenvalue weighted by Crippen LogP contribution is 2.27. The highest BCUT2D eigenvalue weighted by Gasteiger charge is 2.07. The van der Waals surface area contributed by atoms with Crippen LogP contribution in [0.5, 0.6) is 0 Å². The molecule has 0 saturated carbocycles. The average Bonchev–Trinajstić information content (AvgIpc) is 3.09. The number of carbonyl (C=O) groups excluding carboxylic acids is 1. The van der Waals surface area contributed by atoms with Crippen LogP contribution in [-0.4, -0.2) is 16.9 Å². The van der Waals surface area contributed by atoms with Crippen LogP contribution in [0, 0.1) is 0 Å². The molecule has 0 spiro atoms. The molecule has 0 aliphatic heterocycles. The Labute approximate surface area is 158 Å². The fourth-order valence-corrected chi connectivity index (χ4v) is 3.49. The fraction of sp³-hybridized carbons (Fsp3) is 0.238. The number of aryl methyl sites for hydroxylation is 1. The minimum absolute atomic E-state index is 0.0243. The Kier molecular flexibility index (Phi) is 6.02. The fourth-order valence-electron chi connectivity index (χ4n) is 2.75. The van der Waals surface area contributed by atoms with E-state index in [-0.39, 0.29) is 11.9 Å². The Morgan fingerprint density at radius 1 is 1.12 bits per heavy atom. The lowest BCUT2D eigenvalue weighted by atomic mass is 10.0. The van der Waals surface area contributed by atoms with Gasteiger partial charge in [-0.2, -0.15) is 0 Å². The van der Waals surface area contributed by atoms with Gasteiger partial charge in [0.2, 0.25) is 5.91 Å². The number of hydrogen-bond donors (Lipinski definition) is 2. The average molecular weight is 366 g/mol. The standard InChI is InChI=1S/C21H23N3OS/c1-15(22-16(2)25)8-9-17-10-12-18(13-11-17)20-14-26-21(24-20)23-19-6-4-3-5-7-19/h3-7,10-15H,8-9H2,1-2H3,(H,22,25)(H,23,24)/t15-/m1/s1. The first-order valence-electron chi connectivity index (χ1n) is 8.74. The SMILES string of the molecule is CC(=O)N[C@H](C)CCc1ccc(-c2csc(Nc3ccccc3)n2)cc1. The second-order valence-electron chi connectivity index (χ2n) is 6.37. The molecule has 0 aliphatic rings. The van der Waals surface area contributed by atoms with E-state index < -0.39 is 0 Å². The molecule has 1 aromatic heterocycles. The van der Waals surface area contributed by atoms with Crippen LogP contribution >= 0.6 is 11.3 Å². The summed E-state index contributed by atoms with van der Waals surface area (Å²) in [5.74, 6) is 0.0243. The zero-order valence-electron chi connectivity index (χ0n) is 15.0. The number of thiazole rings is 1. The van der Waals surface area contributed by atoms with Gasteiger partial charge in [-0.1, -0.05) is 42.5 Å². The van der Waals surface area contributed by atoms with Crippen molar-refractivity contribution >= 4 is 28.1 Å². The molecule has 0 bridgehead atoms. The molecule has 5 heteroatoms. The highest BCUT2D eigenvalue weighted by molar-refractivity contribution is 7.14. The normalized spacial score (nSPS) is 11.8.